The second-order valence-electron chi connectivity index (χ2n) is 10.2. The molecule has 1 saturated heterocycles. The summed E-state index contributed by atoms with van der Waals surface area (Å²) in [5, 5.41) is 3.41. The number of hydrogen-bond donors (Lipinski definition) is 2. The van der Waals surface area contributed by atoms with E-state index in [1.54, 1.807) is 6.07 Å². The second-order valence-corrected chi connectivity index (χ2v) is 11.9. The largest absolute Gasteiger partial charge is 0.370 e. The molecule has 194 valence electrons. The Labute approximate surface area is 213 Å². The molecule has 5 rings (SSSR count). The van der Waals surface area contributed by atoms with E-state index in [2.05, 4.69) is 27.2 Å². The number of aromatic nitrogens is 1. The summed E-state index contributed by atoms with van der Waals surface area (Å²) in [6.45, 7) is 3.91. The van der Waals surface area contributed by atoms with Gasteiger partial charge in [0.2, 0.25) is 15.9 Å². The summed E-state index contributed by atoms with van der Waals surface area (Å²) >= 11 is 0. The van der Waals surface area contributed by atoms with Crippen LogP contribution in [0.2, 0.25) is 0 Å². The van der Waals surface area contributed by atoms with Gasteiger partial charge in [-0.3, -0.25) is 4.79 Å². The first kappa shape index (κ1) is 25.0. The molecule has 1 aromatic heterocycles. The summed E-state index contributed by atoms with van der Waals surface area (Å²) in [6, 6.07) is 11.7. The highest BCUT2D eigenvalue weighted by Gasteiger charge is 2.35. The van der Waals surface area contributed by atoms with E-state index in [0.717, 1.165) is 43.2 Å². The molecule has 1 amide bonds. The molecule has 1 saturated carbocycles. The zero-order chi connectivity index (χ0) is 25.3. The lowest BCUT2D eigenvalue weighted by Crippen LogP contribution is -2.51. The Hall–Kier alpha value is -2.69. The number of amides is 1. The van der Waals surface area contributed by atoms with Crippen molar-refractivity contribution in [1.82, 2.24) is 19.9 Å². The van der Waals surface area contributed by atoms with Crippen molar-refractivity contribution < 1.29 is 13.2 Å². The summed E-state index contributed by atoms with van der Waals surface area (Å²) < 4.78 is 29.2. The van der Waals surface area contributed by atoms with Crippen molar-refractivity contribution in [3.63, 3.8) is 0 Å². The van der Waals surface area contributed by atoms with Crippen LogP contribution < -0.4 is 19.8 Å². The summed E-state index contributed by atoms with van der Waals surface area (Å²) in [7, 11) is 0.222. The monoisotopic (exact) mass is 512 g/mol. The number of likely N-dealkylation sites (N-methyl/N-ethyl adjacent to an activating group) is 2. The lowest BCUT2D eigenvalue weighted by molar-refractivity contribution is -0.140. The van der Waals surface area contributed by atoms with Gasteiger partial charge in [-0.1, -0.05) is 30.3 Å². The van der Waals surface area contributed by atoms with Gasteiger partial charge in [0.25, 0.3) is 0 Å². The number of sulfonamides is 1. The number of benzene rings is 1. The second kappa shape index (κ2) is 10.4. The number of nitrogens with one attached hydrogen (secondary N) is 2. The van der Waals surface area contributed by atoms with Crippen molar-refractivity contribution >= 4 is 27.4 Å². The minimum absolute atomic E-state index is 0.0392. The Kier molecular flexibility index (Phi) is 7.18. The third-order valence-electron chi connectivity index (χ3n) is 7.79. The Morgan fingerprint density at radius 2 is 1.75 bits per heavy atom. The maximum absolute atomic E-state index is 13.5. The fourth-order valence-electron chi connectivity index (χ4n) is 5.60. The highest BCUT2D eigenvalue weighted by molar-refractivity contribution is 7.89. The third-order valence-corrected chi connectivity index (χ3v) is 9.27. The first-order valence-electron chi connectivity index (χ1n) is 12.8. The molecule has 1 aliphatic carbocycles. The predicted molar refractivity (Wildman–Crippen MR) is 141 cm³/mol. The Morgan fingerprint density at radius 1 is 1.03 bits per heavy atom. The number of fused-ring (bicyclic) bond motifs is 1. The summed E-state index contributed by atoms with van der Waals surface area (Å²) in [4.78, 5) is 24.2. The molecule has 0 spiro atoms. The number of anilines is 2. The molecule has 2 N–H and O–H groups in total. The van der Waals surface area contributed by atoms with Gasteiger partial charge in [0.1, 0.15) is 4.90 Å². The van der Waals surface area contributed by atoms with Crippen LogP contribution in [-0.4, -0.2) is 77.1 Å². The Bertz CT molecular complexity index is 1180. The zero-order valence-electron chi connectivity index (χ0n) is 21.1. The maximum atomic E-state index is 13.5. The Balaban J connectivity index is 1.22. The van der Waals surface area contributed by atoms with Gasteiger partial charge < -0.3 is 20.0 Å². The highest BCUT2D eigenvalue weighted by atomic mass is 32.2. The SMILES string of the molecule is CN1CCN(C)c2ncc(S(=O)(=O)N[C@H]3CC[C@H](C(=O)N4CCNCC4c4ccccc4)CC3)cc21. The molecule has 10 heteroatoms. The van der Waals surface area contributed by atoms with E-state index in [1.165, 1.54) is 6.20 Å². The van der Waals surface area contributed by atoms with E-state index >= 15 is 0 Å². The van der Waals surface area contributed by atoms with Crippen LogP contribution in [0.5, 0.6) is 0 Å². The van der Waals surface area contributed by atoms with Crippen molar-refractivity contribution in [2.45, 2.75) is 42.7 Å². The lowest BCUT2D eigenvalue weighted by atomic mass is 9.85. The van der Waals surface area contributed by atoms with E-state index in [4.69, 9.17) is 0 Å². The molecular weight excluding hydrogens is 476 g/mol. The summed E-state index contributed by atoms with van der Waals surface area (Å²) in [6.07, 6.45) is 4.12. The van der Waals surface area contributed by atoms with E-state index in [9.17, 15) is 13.2 Å². The van der Waals surface area contributed by atoms with E-state index in [-0.39, 0.29) is 28.8 Å². The fraction of sp³-hybridized carbons (Fsp3) is 0.538. The van der Waals surface area contributed by atoms with Crippen LogP contribution in [0.3, 0.4) is 0 Å². The lowest BCUT2D eigenvalue weighted by Gasteiger charge is -2.40. The zero-order valence-corrected chi connectivity index (χ0v) is 21.9. The number of carbonyl (C=O) groups is 1. The number of piperazine rings is 1. The van der Waals surface area contributed by atoms with Gasteiger partial charge in [-0.2, -0.15) is 0 Å². The van der Waals surface area contributed by atoms with Crippen LogP contribution in [-0.2, 0) is 14.8 Å². The van der Waals surface area contributed by atoms with E-state index in [1.807, 2.05) is 47.0 Å². The van der Waals surface area contributed by atoms with E-state index < -0.39 is 10.0 Å². The van der Waals surface area contributed by atoms with E-state index in [0.29, 0.717) is 32.2 Å². The number of pyridine rings is 1. The molecular formula is C26H36N6O3S. The molecule has 9 nitrogen and oxygen atoms in total. The van der Waals surface area contributed by atoms with Crippen molar-refractivity contribution in [2.75, 3.05) is 56.6 Å². The quantitative estimate of drug-likeness (QED) is 0.632. The predicted octanol–water partition coefficient (Wildman–Crippen LogP) is 1.98. The molecule has 3 aliphatic rings. The van der Waals surface area contributed by atoms with Gasteiger partial charge in [0.15, 0.2) is 5.82 Å². The average molecular weight is 513 g/mol. The molecule has 2 aromatic rings. The van der Waals surface area contributed by atoms with Gasteiger partial charge in [-0.25, -0.2) is 18.1 Å². The Morgan fingerprint density at radius 3 is 2.50 bits per heavy atom. The molecule has 1 atom stereocenters. The van der Waals surface area contributed by atoms with Crippen LogP contribution in [0, 0.1) is 5.92 Å². The maximum Gasteiger partial charge on any atom is 0.242 e. The van der Waals surface area contributed by atoms with Crippen molar-refractivity contribution in [1.29, 1.82) is 0 Å². The number of nitrogens with zero attached hydrogens (tertiary/aromatic N) is 4. The molecule has 2 fully saturated rings. The van der Waals surface area contributed by atoms with Crippen LogP contribution >= 0.6 is 0 Å². The van der Waals surface area contributed by atoms with Crippen molar-refractivity contribution in [3.05, 3.63) is 48.2 Å². The number of carbonyl (C=O) groups excluding carboxylic acids is 1. The standard InChI is InChI=1S/C26H36N6O3S/c1-30-14-15-31(2)25-23(30)16-22(17-28-25)36(34,35)29-21-10-8-20(9-11-21)26(33)32-13-12-27-18-24(32)19-6-4-3-5-7-19/h3-7,16-17,20-21,24,27,29H,8-15,18H2,1-2H3/t20-,21-,24?. The van der Waals surface area contributed by atoms with Crippen molar-refractivity contribution in [3.8, 4) is 0 Å². The first-order chi connectivity index (χ1) is 17.3. The van der Waals surface area contributed by atoms with Crippen LogP contribution in [0.4, 0.5) is 11.5 Å². The van der Waals surface area contributed by atoms with Gasteiger partial charge in [-0.05, 0) is 37.3 Å². The third kappa shape index (κ3) is 5.07. The normalized spacial score (nSPS) is 24.9. The minimum Gasteiger partial charge on any atom is -0.370 e. The summed E-state index contributed by atoms with van der Waals surface area (Å²) in [5.41, 5.74) is 1.97. The van der Waals surface area contributed by atoms with Gasteiger partial charge in [0, 0.05) is 65.0 Å². The fourth-order valence-corrected chi connectivity index (χ4v) is 6.87. The molecule has 3 heterocycles. The van der Waals surface area contributed by atoms with Gasteiger partial charge in [-0.15, -0.1) is 0 Å². The first-order valence-corrected chi connectivity index (χ1v) is 14.3. The molecule has 2 aliphatic heterocycles. The molecule has 0 bridgehead atoms. The molecule has 36 heavy (non-hydrogen) atoms. The van der Waals surface area contributed by atoms with Crippen molar-refractivity contribution in [2.24, 2.45) is 5.92 Å². The molecule has 1 aromatic carbocycles. The van der Waals surface area contributed by atoms with Crippen LogP contribution in [0.25, 0.3) is 0 Å². The highest BCUT2D eigenvalue weighted by Crippen LogP contribution is 2.33. The smallest absolute Gasteiger partial charge is 0.242 e. The number of rotatable bonds is 5. The average Bonchev–Trinajstić information content (AvgIpc) is 2.91. The van der Waals surface area contributed by atoms with Gasteiger partial charge >= 0.3 is 0 Å². The topological polar surface area (TPSA) is 97.9 Å². The summed E-state index contributed by atoms with van der Waals surface area (Å²) in [5.74, 6) is 0.922. The molecule has 1 unspecified atom stereocenters. The number of hydrogen-bond acceptors (Lipinski definition) is 7. The molecule has 0 radical (unpaired) electrons. The van der Waals surface area contributed by atoms with Gasteiger partial charge in [0.05, 0.1) is 11.7 Å². The van der Waals surface area contributed by atoms with Crippen LogP contribution in [0.15, 0.2) is 47.5 Å². The van der Waals surface area contributed by atoms with Crippen LogP contribution in [0.1, 0.15) is 37.3 Å². The minimum atomic E-state index is -3.70.